The molecule has 2 rings (SSSR count). The molecule has 0 aromatic heterocycles. The first kappa shape index (κ1) is 16.8. The monoisotopic (exact) mass is 332 g/mol. The molecule has 23 heavy (non-hydrogen) atoms. The minimum Gasteiger partial charge on any atom is -0.489 e. The van der Waals surface area contributed by atoms with E-state index in [1.54, 1.807) is 31.2 Å². The van der Waals surface area contributed by atoms with Gasteiger partial charge in [0.05, 0.1) is 12.3 Å². The summed E-state index contributed by atoms with van der Waals surface area (Å²) in [5.41, 5.74) is 4.46. The van der Waals surface area contributed by atoms with Gasteiger partial charge in [0.1, 0.15) is 12.4 Å². The van der Waals surface area contributed by atoms with Gasteiger partial charge in [-0.05, 0) is 36.8 Å². The summed E-state index contributed by atoms with van der Waals surface area (Å²) in [6.07, 6.45) is 0. The number of benzene rings is 2. The molecule has 0 bridgehead atoms. The predicted octanol–water partition coefficient (Wildman–Crippen LogP) is 3.79. The molecule has 2 aromatic rings. The lowest BCUT2D eigenvalue weighted by atomic mass is 10.2. The van der Waals surface area contributed by atoms with E-state index >= 15 is 0 Å². The molecule has 0 atom stereocenters. The van der Waals surface area contributed by atoms with Gasteiger partial charge in [0, 0.05) is 0 Å². The van der Waals surface area contributed by atoms with E-state index in [2.05, 4.69) is 10.5 Å². The standard InChI is InChI=1S/C17H17ClN2O3/c1-2-22-17(21)16(18)20-19-14-8-10-15(11-9-14)23-12-13-6-4-3-5-7-13/h3-11,19H,2,12H2,1H3/b20-16-. The van der Waals surface area contributed by atoms with Crippen molar-refractivity contribution in [3.8, 4) is 5.75 Å². The van der Waals surface area contributed by atoms with Crippen LogP contribution in [0.15, 0.2) is 59.7 Å². The summed E-state index contributed by atoms with van der Waals surface area (Å²) in [5.74, 6) is 0.0735. The van der Waals surface area contributed by atoms with E-state index in [1.165, 1.54) is 0 Å². The van der Waals surface area contributed by atoms with Crippen LogP contribution in [-0.2, 0) is 16.1 Å². The molecule has 6 heteroatoms. The Bertz CT molecular complexity index is 657. The van der Waals surface area contributed by atoms with Crippen molar-refractivity contribution < 1.29 is 14.3 Å². The Balaban J connectivity index is 1.87. The Labute approximate surface area is 139 Å². The van der Waals surface area contributed by atoms with Crippen molar-refractivity contribution in [3.63, 3.8) is 0 Å². The third-order valence-electron chi connectivity index (χ3n) is 2.83. The number of anilines is 1. The molecule has 1 N–H and O–H groups in total. The summed E-state index contributed by atoms with van der Waals surface area (Å²) < 4.78 is 10.4. The van der Waals surface area contributed by atoms with Gasteiger partial charge in [0.25, 0.3) is 0 Å². The third-order valence-corrected chi connectivity index (χ3v) is 3.07. The number of hydrogen-bond acceptors (Lipinski definition) is 5. The molecule has 0 aliphatic rings. The zero-order valence-electron chi connectivity index (χ0n) is 12.7. The second-order valence-electron chi connectivity index (χ2n) is 4.53. The highest BCUT2D eigenvalue weighted by Crippen LogP contribution is 2.17. The maximum Gasteiger partial charge on any atom is 0.370 e. The number of ether oxygens (including phenoxy) is 2. The lowest BCUT2D eigenvalue weighted by molar-refractivity contribution is -0.134. The Morgan fingerprint density at radius 2 is 1.83 bits per heavy atom. The Kier molecular flexibility index (Phi) is 6.44. The lowest BCUT2D eigenvalue weighted by Gasteiger charge is -2.07. The molecule has 0 aliphatic carbocycles. The first-order valence-corrected chi connectivity index (χ1v) is 7.50. The summed E-state index contributed by atoms with van der Waals surface area (Å²) in [6.45, 7) is 2.45. The second-order valence-corrected chi connectivity index (χ2v) is 4.89. The molecule has 0 unspecified atom stereocenters. The number of nitrogens with one attached hydrogen (secondary N) is 1. The molecular weight excluding hydrogens is 316 g/mol. The summed E-state index contributed by atoms with van der Waals surface area (Å²) in [5, 5.41) is 3.50. The quantitative estimate of drug-likeness (QED) is 0.476. The number of esters is 1. The van der Waals surface area contributed by atoms with Crippen LogP contribution < -0.4 is 10.2 Å². The Hall–Kier alpha value is -2.53. The highest BCUT2D eigenvalue weighted by atomic mass is 35.5. The average Bonchev–Trinajstić information content (AvgIpc) is 2.60. The van der Waals surface area contributed by atoms with Crippen molar-refractivity contribution in [3.05, 3.63) is 60.2 Å². The van der Waals surface area contributed by atoms with E-state index in [-0.39, 0.29) is 11.8 Å². The van der Waals surface area contributed by atoms with Gasteiger partial charge < -0.3 is 9.47 Å². The zero-order chi connectivity index (χ0) is 16.5. The largest absolute Gasteiger partial charge is 0.489 e. The van der Waals surface area contributed by atoms with Gasteiger partial charge in [-0.1, -0.05) is 41.9 Å². The van der Waals surface area contributed by atoms with Crippen molar-refractivity contribution in [1.29, 1.82) is 0 Å². The van der Waals surface area contributed by atoms with E-state index in [0.717, 1.165) is 11.3 Å². The van der Waals surface area contributed by atoms with Crippen LogP contribution in [0.25, 0.3) is 0 Å². The molecule has 0 saturated carbocycles. The van der Waals surface area contributed by atoms with Crippen LogP contribution in [0.2, 0.25) is 0 Å². The van der Waals surface area contributed by atoms with Gasteiger partial charge in [-0.3, -0.25) is 5.43 Å². The van der Waals surface area contributed by atoms with Gasteiger partial charge in [-0.15, -0.1) is 0 Å². The van der Waals surface area contributed by atoms with E-state index in [9.17, 15) is 4.79 Å². The Morgan fingerprint density at radius 3 is 2.48 bits per heavy atom. The fourth-order valence-corrected chi connectivity index (χ4v) is 1.81. The smallest absolute Gasteiger partial charge is 0.370 e. The van der Waals surface area contributed by atoms with Crippen LogP contribution in [0, 0.1) is 0 Å². The molecule has 0 aliphatic heterocycles. The molecule has 0 spiro atoms. The number of halogens is 1. The molecular formula is C17H17ClN2O3. The van der Waals surface area contributed by atoms with Gasteiger partial charge in [-0.2, -0.15) is 5.10 Å². The van der Waals surface area contributed by atoms with Crippen LogP contribution in [0.1, 0.15) is 12.5 Å². The Morgan fingerprint density at radius 1 is 1.13 bits per heavy atom. The van der Waals surface area contributed by atoms with E-state index in [4.69, 9.17) is 21.1 Å². The number of carbonyl (C=O) groups excluding carboxylic acids is 1. The predicted molar refractivity (Wildman–Crippen MR) is 90.8 cm³/mol. The van der Waals surface area contributed by atoms with Gasteiger partial charge in [-0.25, -0.2) is 4.79 Å². The van der Waals surface area contributed by atoms with Crippen molar-refractivity contribution >= 4 is 28.4 Å². The number of rotatable bonds is 7. The summed E-state index contributed by atoms with van der Waals surface area (Å²) in [7, 11) is 0. The second kappa shape index (κ2) is 8.80. The molecule has 0 saturated heterocycles. The normalized spacial score (nSPS) is 11.0. The number of carbonyl (C=O) groups is 1. The number of hydrogen-bond donors (Lipinski definition) is 1. The van der Waals surface area contributed by atoms with Gasteiger partial charge in [0.15, 0.2) is 0 Å². The zero-order valence-corrected chi connectivity index (χ0v) is 13.4. The highest BCUT2D eigenvalue weighted by molar-refractivity contribution is 6.82. The molecule has 5 nitrogen and oxygen atoms in total. The first-order chi connectivity index (χ1) is 11.2. The van der Waals surface area contributed by atoms with E-state index in [1.807, 2.05) is 30.3 Å². The summed E-state index contributed by atoms with van der Waals surface area (Å²) in [6, 6.07) is 17.1. The minimum atomic E-state index is -0.663. The van der Waals surface area contributed by atoms with Crippen molar-refractivity contribution in [1.82, 2.24) is 0 Å². The van der Waals surface area contributed by atoms with Crippen LogP contribution in [0.3, 0.4) is 0 Å². The fourth-order valence-electron chi connectivity index (χ4n) is 1.72. The maximum absolute atomic E-state index is 11.3. The van der Waals surface area contributed by atoms with E-state index in [0.29, 0.717) is 12.3 Å². The molecule has 0 radical (unpaired) electrons. The molecule has 0 fully saturated rings. The molecule has 0 amide bonds. The van der Waals surface area contributed by atoms with Gasteiger partial charge >= 0.3 is 5.97 Å². The fraction of sp³-hybridized carbons (Fsp3) is 0.176. The third kappa shape index (κ3) is 5.64. The SMILES string of the molecule is CCOC(=O)/C(Cl)=N/Nc1ccc(OCc2ccccc2)cc1. The molecule has 0 heterocycles. The topological polar surface area (TPSA) is 59.9 Å². The molecule has 120 valence electrons. The van der Waals surface area contributed by atoms with Crippen LogP contribution >= 0.6 is 11.6 Å². The van der Waals surface area contributed by atoms with Gasteiger partial charge in [0.2, 0.25) is 5.17 Å². The van der Waals surface area contributed by atoms with Crippen LogP contribution in [-0.4, -0.2) is 17.7 Å². The summed E-state index contributed by atoms with van der Waals surface area (Å²) >= 11 is 5.70. The first-order valence-electron chi connectivity index (χ1n) is 7.12. The molecule has 2 aromatic carbocycles. The van der Waals surface area contributed by atoms with Crippen LogP contribution in [0.4, 0.5) is 5.69 Å². The number of nitrogens with zero attached hydrogens (tertiary/aromatic N) is 1. The van der Waals surface area contributed by atoms with Crippen molar-refractivity contribution in [2.45, 2.75) is 13.5 Å². The van der Waals surface area contributed by atoms with E-state index < -0.39 is 5.97 Å². The van der Waals surface area contributed by atoms with Crippen molar-refractivity contribution in [2.24, 2.45) is 5.10 Å². The average molecular weight is 333 g/mol. The van der Waals surface area contributed by atoms with Crippen molar-refractivity contribution in [2.75, 3.05) is 12.0 Å². The lowest BCUT2D eigenvalue weighted by Crippen LogP contribution is -2.13. The summed E-state index contributed by atoms with van der Waals surface area (Å²) in [4.78, 5) is 11.3. The highest BCUT2D eigenvalue weighted by Gasteiger charge is 2.08. The van der Waals surface area contributed by atoms with Crippen LogP contribution in [0.5, 0.6) is 5.75 Å². The minimum absolute atomic E-state index is 0.248. The number of hydrazone groups is 1. The maximum atomic E-state index is 11.3.